The highest BCUT2D eigenvalue weighted by atomic mass is 16.7. The standard InChI is InChI=1S/C27H38O10/c1-25-7-5-14(29)9-13(25)3-4-15-16-6-8-27(35,26(16,2)10-17(30)20(15)25)19(31)12-36-24-23(34)22(33)21(32)18(11-28)37-24/h5,7,9,15-18,20-24,28,30,32-35H,3-4,6,8,10-12H2,1-2H3/t15-,16+,17+,18-,20+,21-,22+,23-,24-,25+,26+,27+/m1/s1. The molecule has 0 amide bonds. The van der Waals surface area contributed by atoms with Crippen LogP contribution in [0, 0.1) is 28.6 Å². The highest BCUT2D eigenvalue weighted by molar-refractivity contribution is 6.01. The molecule has 0 unspecified atom stereocenters. The number of hydrogen-bond acceptors (Lipinski definition) is 10. The van der Waals surface area contributed by atoms with Crippen molar-refractivity contribution in [3.8, 4) is 0 Å². The van der Waals surface area contributed by atoms with E-state index in [4.69, 9.17) is 9.47 Å². The Hall–Kier alpha value is -1.50. The lowest BCUT2D eigenvalue weighted by Crippen LogP contribution is -2.62. The lowest BCUT2D eigenvalue weighted by molar-refractivity contribution is -0.300. The summed E-state index contributed by atoms with van der Waals surface area (Å²) >= 11 is 0. The Bertz CT molecular complexity index is 1010. The van der Waals surface area contributed by atoms with E-state index < -0.39 is 72.2 Å². The third-order valence-corrected chi connectivity index (χ3v) is 10.3. The normalized spacial score (nSPS) is 51.2. The lowest BCUT2D eigenvalue weighted by Gasteiger charge is -2.59. The van der Waals surface area contributed by atoms with Crippen molar-refractivity contribution in [3.63, 3.8) is 0 Å². The SMILES string of the molecule is C[C@]12C=CC(=O)C=C1CC[C@H]1[C@H]2[C@@H](O)C[C@@]2(C)[C@H]1CC[C@]2(O)C(=O)CO[C@@H]1O[C@H](CO)[C@@H](O)[C@H](O)[C@H]1O. The van der Waals surface area contributed by atoms with Crippen molar-refractivity contribution in [2.24, 2.45) is 28.6 Å². The molecule has 1 saturated heterocycles. The zero-order valence-corrected chi connectivity index (χ0v) is 21.2. The lowest BCUT2D eigenvalue weighted by atomic mass is 9.46. The Morgan fingerprint density at radius 1 is 1.14 bits per heavy atom. The summed E-state index contributed by atoms with van der Waals surface area (Å²) in [7, 11) is 0. The van der Waals surface area contributed by atoms with E-state index in [0.29, 0.717) is 6.42 Å². The second-order valence-corrected chi connectivity index (χ2v) is 12.0. The van der Waals surface area contributed by atoms with Gasteiger partial charge in [0, 0.05) is 16.7 Å². The number of Topliss-reactive ketones (excluding diaryl/α,β-unsaturated/α-hetero) is 1. The number of aliphatic hydroxyl groups excluding tert-OH is 5. The number of carbonyl (C=O) groups is 2. The van der Waals surface area contributed by atoms with Crippen LogP contribution in [0.3, 0.4) is 0 Å². The van der Waals surface area contributed by atoms with Crippen molar-refractivity contribution in [3.05, 3.63) is 23.8 Å². The summed E-state index contributed by atoms with van der Waals surface area (Å²) in [6.45, 7) is 2.68. The molecule has 4 fully saturated rings. The van der Waals surface area contributed by atoms with Crippen LogP contribution in [0.2, 0.25) is 0 Å². The summed E-state index contributed by atoms with van der Waals surface area (Å²) in [5.41, 5.74) is -2.10. The van der Waals surface area contributed by atoms with Gasteiger partial charge in [-0.25, -0.2) is 0 Å². The molecule has 0 radical (unpaired) electrons. The molecule has 5 aliphatic rings. The number of aliphatic hydroxyl groups is 6. The molecule has 0 aromatic carbocycles. The topological polar surface area (TPSA) is 174 Å². The van der Waals surface area contributed by atoms with Crippen LogP contribution in [0.5, 0.6) is 0 Å². The smallest absolute Gasteiger partial charge is 0.190 e. The van der Waals surface area contributed by atoms with Gasteiger partial charge >= 0.3 is 0 Å². The van der Waals surface area contributed by atoms with Crippen LogP contribution in [0.15, 0.2) is 23.8 Å². The van der Waals surface area contributed by atoms with E-state index in [1.807, 2.05) is 13.0 Å². The van der Waals surface area contributed by atoms with Crippen molar-refractivity contribution < 1.29 is 49.7 Å². The molecule has 37 heavy (non-hydrogen) atoms. The third kappa shape index (κ3) is 3.91. The van der Waals surface area contributed by atoms with Crippen LogP contribution >= 0.6 is 0 Å². The minimum absolute atomic E-state index is 0.0217. The molecule has 3 saturated carbocycles. The first-order chi connectivity index (χ1) is 17.4. The van der Waals surface area contributed by atoms with Crippen molar-refractivity contribution in [1.29, 1.82) is 0 Å². The third-order valence-electron chi connectivity index (χ3n) is 10.3. The van der Waals surface area contributed by atoms with Gasteiger partial charge in [0.15, 0.2) is 17.9 Å². The Morgan fingerprint density at radius 3 is 2.57 bits per heavy atom. The molecule has 6 N–H and O–H groups in total. The fraction of sp³-hybridized carbons (Fsp3) is 0.778. The molecule has 1 heterocycles. The molecular weight excluding hydrogens is 484 g/mol. The predicted molar refractivity (Wildman–Crippen MR) is 128 cm³/mol. The fourth-order valence-corrected chi connectivity index (χ4v) is 8.27. The molecule has 5 rings (SSSR count). The number of ketones is 2. The maximum absolute atomic E-state index is 13.5. The number of fused-ring (bicyclic) bond motifs is 5. The van der Waals surface area contributed by atoms with Crippen LogP contribution in [0.1, 0.15) is 46.0 Å². The van der Waals surface area contributed by atoms with Gasteiger partial charge in [-0.15, -0.1) is 0 Å². The second-order valence-electron chi connectivity index (χ2n) is 12.0. The Labute approximate surface area is 215 Å². The molecule has 4 aliphatic carbocycles. The monoisotopic (exact) mass is 522 g/mol. The summed E-state index contributed by atoms with van der Waals surface area (Å²) in [5, 5.41) is 62.8. The van der Waals surface area contributed by atoms with Crippen LogP contribution in [0.25, 0.3) is 0 Å². The first-order valence-electron chi connectivity index (χ1n) is 13.2. The fourth-order valence-electron chi connectivity index (χ4n) is 8.27. The Morgan fingerprint density at radius 2 is 1.86 bits per heavy atom. The largest absolute Gasteiger partial charge is 0.394 e. The molecule has 0 bridgehead atoms. The van der Waals surface area contributed by atoms with Gasteiger partial charge in [0.1, 0.15) is 36.6 Å². The number of rotatable bonds is 5. The molecular formula is C27H38O10. The molecule has 1 aliphatic heterocycles. The van der Waals surface area contributed by atoms with E-state index in [1.54, 1.807) is 12.2 Å². The summed E-state index contributed by atoms with van der Waals surface area (Å²) in [6, 6.07) is 0. The van der Waals surface area contributed by atoms with E-state index in [-0.39, 0.29) is 36.4 Å². The summed E-state index contributed by atoms with van der Waals surface area (Å²) in [4.78, 5) is 25.4. The highest BCUT2D eigenvalue weighted by Gasteiger charge is 2.68. The number of carbonyl (C=O) groups excluding carboxylic acids is 2. The first-order valence-corrected chi connectivity index (χ1v) is 13.2. The minimum Gasteiger partial charge on any atom is -0.394 e. The number of allylic oxidation sites excluding steroid dienone is 4. The van der Waals surface area contributed by atoms with Gasteiger partial charge in [0.25, 0.3) is 0 Å². The number of ether oxygens (including phenoxy) is 2. The molecule has 10 nitrogen and oxygen atoms in total. The van der Waals surface area contributed by atoms with Gasteiger partial charge < -0.3 is 40.1 Å². The van der Waals surface area contributed by atoms with Gasteiger partial charge in [-0.1, -0.05) is 25.5 Å². The van der Waals surface area contributed by atoms with Crippen LogP contribution in [-0.2, 0) is 19.1 Å². The van der Waals surface area contributed by atoms with E-state index in [1.165, 1.54) is 0 Å². The van der Waals surface area contributed by atoms with Crippen LogP contribution in [0.4, 0.5) is 0 Å². The van der Waals surface area contributed by atoms with Gasteiger partial charge in [-0.05, 0) is 56.1 Å². The minimum atomic E-state index is -1.77. The molecule has 0 aromatic rings. The van der Waals surface area contributed by atoms with Gasteiger partial charge in [0.2, 0.25) is 0 Å². The Balaban J connectivity index is 1.34. The molecule has 206 valence electrons. The van der Waals surface area contributed by atoms with Crippen molar-refractivity contribution in [2.75, 3.05) is 13.2 Å². The van der Waals surface area contributed by atoms with Crippen LogP contribution in [-0.4, -0.2) is 97.8 Å². The van der Waals surface area contributed by atoms with E-state index >= 15 is 0 Å². The average Bonchev–Trinajstić information content (AvgIpc) is 3.13. The molecule has 0 spiro atoms. The van der Waals surface area contributed by atoms with E-state index in [2.05, 4.69) is 6.92 Å². The second kappa shape index (κ2) is 9.31. The highest BCUT2D eigenvalue weighted by Crippen LogP contribution is 2.67. The zero-order valence-electron chi connectivity index (χ0n) is 21.2. The van der Waals surface area contributed by atoms with E-state index in [0.717, 1.165) is 18.4 Å². The zero-order chi connectivity index (χ0) is 26.9. The first kappa shape index (κ1) is 27.1. The van der Waals surface area contributed by atoms with Crippen LogP contribution < -0.4 is 0 Å². The molecule has 0 aromatic heterocycles. The summed E-state index contributed by atoms with van der Waals surface area (Å²) in [5.74, 6) is -0.738. The molecule has 10 heteroatoms. The summed E-state index contributed by atoms with van der Waals surface area (Å²) < 4.78 is 10.8. The maximum atomic E-state index is 13.5. The van der Waals surface area contributed by atoms with Gasteiger partial charge in [-0.2, -0.15) is 0 Å². The average molecular weight is 523 g/mol. The number of hydrogen-bond donors (Lipinski definition) is 6. The quantitative estimate of drug-likeness (QED) is 0.273. The van der Waals surface area contributed by atoms with Crippen molar-refractivity contribution in [1.82, 2.24) is 0 Å². The molecule has 12 atom stereocenters. The van der Waals surface area contributed by atoms with Gasteiger partial charge in [0.05, 0.1) is 12.7 Å². The van der Waals surface area contributed by atoms with Crippen molar-refractivity contribution >= 4 is 11.6 Å². The van der Waals surface area contributed by atoms with Crippen molar-refractivity contribution in [2.45, 2.75) is 88.4 Å². The predicted octanol–water partition coefficient (Wildman–Crippen LogP) is -0.618. The summed E-state index contributed by atoms with van der Waals surface area (Å²) in [6.07, 6.45) is -0.603. The maximum Gasteiger partial charge on any atom is 0.190 e. The van der Waals surface area contributed by atoms with Gasteiger partial charge in [-0.3, -0.25) is 9.59 Å². The van der Waals surface area contributed by atoms with E-state index in [9.17, 15) is 40.2 Å². The Kier molecular flexibility index (Phi) is 6.81.